The number of aliphatic hydroxyl groups is 1. The number of aliphatic hydroxyl groups excluding tert-OH is 1. The highest BCUT2D eigenvalue weighted by molar-refractivity contribution is 7.98. The molecule has 3 nitrogen and oxygen atoms in total. The van der Waals surface area contributed by atoms with Gasteiger partial charge in [0.15, 0.2) is 0 Å². The van der Waals surface area contributed by atoms with E-state index < -0.39 is 6.10 Å². The minimum absolute atomic E-state index is 0.196. The molecule has 0 bridgehead atoms. The van der Waals surface area contributed by atoms with Gasteiger partial charge in [-0.05, 0) is 18.4 Å². The smallest absolute Gasteiger partial charge is 0.123 e. The molecule has 1 aromatic rings. The molecule has 0 spiro atoms. The third-order valence-electron chi connectivity index (χ3n) is 1.77. The fraction of sp³-hybridized carbons (Fsp3) is 0.625. The fourth-order valence-electron chi connectivity index (χ4n) is 0.975. The molecule has 0 aromatic carbocycles. The van der Waals surface area contributed by atoms with Crippen molar-refractivity contribution in [1.82, 2.24) is 4.98 Å². The highest BCUT2D eigenvalue weighted by atomic mass is 32.2. The van der Waals surface area contributed by atoms with Gasteiger partial charge in [-0.1, -0.05) is 0 Å². The Morgan fingerprint density at radius 1 is 1.77 bits per heavy atom. The Hall–Kier alpha value is -0.100. The second-order valence-corrected chi connectivity index (χ2v) is 4.67. The Morgan fingerprint density at radius 3 is 3.08 bits per heavy atom. The molecule has 1 unspecified atom stereocenters. The minimum Gasteiger partial charge on any atom is -0.384 e. The van der Waals surface area contributed by atoms with Crippen molar-refractivity contribution in [1.29, 1.82) is 0 Å². The van der Waals surface area contributed by atoms with E-state index in [0.717, 1.165) is 12.2 Å². The molecule has 0 amide bonds. The Labute approximate surface area is 86.4 Å². The molecule has 1 aromatic heterocycles. The van der Waals surface area contributed by atoms with E-state index in [4.69, 9.17) is 5.73 Å². The second kappa shape index (κ2) is 5.59. The van der Waals surface area contributed by atoms with Gasteiger partial charge < -0.3 is 10.8 Å². The third kappa shape index (κ3) is 3.27. The van der Waals surface area contributed by atoms with E-state index in [-0.39, 0.29) is 6.04 Å². The summed E-state index contributed by atoms with van der Waals surface area (Å²) in [6, 6.07) is -0.196. The number of hydrogen-bond acceptors (Lipinski definition) is 5. The van der Waals surface area contributed by atoms with Gasteiger partial charge in [-0.2, -0.15) is 11.8 Å². The average molecular weight is 218 g/mol. The number of nitrogens with two attached hydrogens (primary N) is 1. The van der Waals surface area contributed by atoms with Gasteiger partial charge >= 0.3 is 0 Å². The molecule has 3 N–H and O–H groups in total. The highest BCUT2D eigenvalue weighted by Crippen LogP contribution is 2.20. The Bertz CT molecular complexity index is 228. The lowest BCUT2D eigenvalue weighted by molar-refractivity contribution is 0.144. The molecule has 0 saturated carbocycles. The van der Waals surface area contributed by atoms with Gasteiger partial charge in [-0.3, -0.25) is 0 Å². The maximum Gasteiger partial charge on any atom is 0.123 e. The molecular formula is C8H14N2OS2. The predicted molar refractivity (Wildman–Crippen MR) is 58.0 cm³/mol. The van der Waals surface area contributed by atoms with Gasteiger partial charge in [0.1, 0.15) is 11.1 Å². The average Bonchev–Trinajstić information content (AvgIpc) is 2.65. The van der Waals surface area contributed by atoms with Crippen molar-refractivity contribution in [3.63, 3.8) is 0 Å². The van der Waals surface area contributed by atoms with E-state index in [2.05, 4.69) is 4.98 Å². The first-order valence-corrected chi connectivity index (χ1v) is 6.35. The van der Waals surface area contributed by atoms with Crippen LogP contribution in [0.4, 0.5) is 0 Å². The lowest BCUT2D eigenvalue weighted by Crippen LogP contribution is -2.28. The topological polar surface area (TPSA) is 59.1 Å². The van der Waals surface area contributed by atoms with E-state index in [0.29, 0.717) is 5.01 Å². The van der Waals surface area contributed by atoms with E-state index >= 15 is 0 Å². The van der Waals surface area contributed by atoms with Crippen LogP contribution in [0.15, 0.2) is 11.6 Å². The number of thiazole rings is 1. The molecule has 0 aliphatic carbocycles. The molecule has 74 valence electrons. The zero-order chi connectivity index (χ0) is 9.68. The van der Waals surface area contributed by atoms with Gasteiger partial charge in [-0.25, -0.2) is 4.98 Å². The minimum atomic E-state index is -0.604. The number of rotatable bonds is 5. The molecule has 0 radical (unpaired) electrons. The van der Waals surface area contributed by atoms with Crippen LogP contribution in [0.2, 0.25) is 0 Å². The Morgan fingerprint density at radius 2 is 2.54 bits per heavy atom. The standard InChI is InChI=1S/C8H14N2OS2/c1-12-4-2-6(9)7(11)8-10-3-5-13-8/h3,5-7,11H,2,4,9H2,1H3/t6?,7-/m1/s1. The van der Waals surface area contributed by atoms with Crippen LogP contribution < -0.4 is 5.73 Å². The summed E-state index contributed by atoms with van der Waals surface area (Å²) >= 11 is 3.18. The van der Waals surface area contributed by atoms with Crippen LogP contribution in [-0.4, -0.2) is 28.1 Å². The summed E-state index contributed by atoms with van der Waals surface area (Å²) in [5, 5.41) is 12.3. The maximum absolute atomic E-state index is 9.72. The maximum atomic E-state index is 9.72. The number of thioether (sulfide) groups is 1. The van der Waals surface area contributed by atoms with E-state index in [1.165, 1.54) is 11.3 Å². The molecule has 2 atom stereocenters. The molecule has 13 heavy (non-hydrogen) atoms. The lowest BCUT2D eigenvalue weighted by Gasteiger charge is -2.15. The molecule has 0 aliphatic rings. The van der Waals surface area contributed by atoms with Crippen molar-refractivity contribution < 1.29 is 5.11 Å². The van der Waals surface area contributed by atoms with Gasteiger partial charge in [-0.15, -0.1) is 11.3 Å². The quantitative estimate of drug-likeness (QED) is 0.781. The summed E-state index contributed by atoms with van der Waals surface area (Å²) in [7, 11) is 0. The highest BCUT2D eigenvalue weighted by Gasteiger charge is 2.18. The van der Waals surface area contributed by atoms with Crippen LogP contribution in [0, 0.1) is 0 Å². The normalized spacial score (nSPS) is 15.6. The Kier molecular flexibility index (Phi) is 4.72. The molecule has 5 heteroatoms. The molecule has 0 saturated heterocycles. The van der Waals surface area contributed by atoms with Crippen LogP contribution in [-0.2, 0) is 0 Å². The van der Waals surface area contributed by atoms with Gasteiger partial charge in [0.05, 0.1) is 0 Å². The zero-order valence-electron chi connectivity index (χ0n) is 7.51. The van der Waals surface area contributed by atoms with Crippen molar-refractivity contribution in [3.05, 3.63) is 16.6 Å². The van der Waals surface area contributed by atoms with Crippen LogP contribution in [0.1, 0.15) is 17.5 Å². The third-order valence-corrected chi connectivity index (χ3v) is 3.26. The fourth-order valence-corrected chi connectivity index (χ4v) is 2.18. The van der Waals surface area contributed by atoms with Crippen molar-refractivity contribution in [2.45, 2.75) is 18.6 Å². The molecule has 0 fully saturated rings. The van der Waals surface area contributed by atoms with Crippen LogP contribution >= 0.6 is 23.1 Å². The van der Waals surface area contributed by atoms with Crippen molar-refractivity contribution in [3.8, 4) is 0 Å². The SMILES string of the molecule is CSCCC(N)[C@@H](O)c1nccs1. The Balaban J connectivity index is 2.43. The van der Waals surface area contributed by atoms with Crippen LogP contribution in [0.25, 0.3) is 0 Å². The first-order chi connectivity index (χ1) is 6.25. The summed E-state index contributed by atoms with van der Waals surface area (Å²) < 4.78 is 0. The number of aromatic nitrogens is 1. The van der Waals surface area contributed by atoms with E-state index in [9.17, 15) is 5.11 Å². The first kappa shape index (κ1) is 11.0. The van der Waals surface area contributed by atoms with Gasteiger partial charge in [0, 0.05) is 17.6 Å². The molecule has 1 rings (SSSR count). The predicted octanol–water partition coefficient (Wildman–Crippen LogP) is 1.26. The largest absolute Gasteiger partial charge is 0.384 e. The molecule has 0 aliphatic heterocycles. The van der Waals surface area contributed by atoms with E-state index in [1.807, 2.05) is 11.6 Å². The van der Waals surface area contributed by atoms with Gasteiger partial charge in [0.2, 0.25) is 0 Å². The molecular weight excluding hydrogens is 204 g/mol. The van der Waals surface area contributed by atoms with Gasteiger partial charge in [0.25, 0.3) is 0 Å². The van der Waals surface area contributed by atoms with Crippen LogP contribution in [0.3, 0.4) is 0 Å². The summed E-state index contributed by atoms with van der Waals surface area (Å²) in [5.74, 6) is 0.976. The van der Waals surface area contributed by atoms with Crippen molar-refractivity contribution >= 4 is 23.1 Å². The van der Waals surface area contributed by atoms with E-state index in [1.54, 1.807) is 18.0 Å². The summed E-state index contributed by atoms with van der Waals surface area (Å²) in [5.41, 5.74) is 5.80. The van der Waals surface area contributed by atoms with Crippen molar-refractivity contribution in [2.75, 3.05) is 12.0 Å². The van der Waals surface area contributed by atoms with Crippen LogP contribution in [0.5, 0.6) is 0 Å². The van der Waals surface area contributed by atoms with Crippen molar-refractivity contribution in [2.24, 2.45) is 5.73 Å². The second-order valence-electron chi connectivity index (χ2n) is 2.76. The number of nitrogens with zero attached hydrogens (tertiary/aromatic N) is 1. The monoisotopic (exact) mass is 218 g/mol. The zero-order valence-corrected chi connectivity index (χ0v) is 9.14. The summed E-state index contributed by atoms with van der Waals surface area (Å²) in [6.07, 6.45) is 3.93. The summed E-state index contributed by atoms with van der Waals surface area (Å²) in [4.78, 5) is 4.03. The number of hydrogen-bond donors (Lipinski definition) is 2. The first-order valence-electron chi connectivity index (χ1n) is 4.07. The molecule has 1 heterocycles. The lowest BCUT2D eigenvalue weighted by atomic mass is 10.1. The summed E-state index contributed by atoms with van der Waals surface area (Å²) in [6.45, 7) is 0.